The Morgan fingerprint density at radius 2 is 1.67 bits per heavy atom. The molecule has 0 atom stereocenters. The summed E-state index contributed by atoms with van der Waals surface area (Å²) in [6.45, 7) is 2.70. The van der Waals surface area contributed by atoms with Crippen LogP contribution >= 0.6 is 0 Å². The number of methoxy groups -OCH3 is 2. The third-order valence-corrected chi connectivity index (χ3v) is 5.70. The summed E-state index contributed by atoms with van der Waals surface area (Å²) in [5, 5.41) is 0. The highest BCUT2D eigenvalue weighted by Gasteiger charge is 2.29. The van der Waals surface area contributed by atoms with E-state index in [1.165, 1.54) is 12.8 Å². The monoisotopic (exact) mass is 374 g/mol. The third kappa shape index (κ3) is 4.73. The second-order valence-electron chi connectivity index (χ2n) is 7.40. The topological polar surface area (TPSA) is 59.1 Å². The molecule has 1 aromatic rings. The smallest absolute Gasteiger partial charge is 0.227 e. The van der Waals surface area contributed by atoms with E-state index in [-0.39, 0.29) is 11.8 Å². The molecular weight excluding hydrogens is 344 g/mol. The summed E-state index contributed by atoms with van der Waals surface area (Å²) >= 11 is 0. The van der Waals surface area contributed by atoms with Crippen LogP contribution in [0.25, 0.3) is 0 Å². The molecule has 0 spiro atoms. The van der Waals surface area contributed by atoms with Crippen molar-refractivity contribution in [3.63, 3.8) is 0 Å². The van der Waals surface area contributed by atoms with Crippen LogP contribution in [-0.4, -0.2) is 62.0 Å². The number of hydrogen-bond acceptors (Lipinski definition) is 4. The van der Waals surface area contributed by atoms with Crippen molar-refractivity contribution >= 4 is 11.8 Å². The lowest BCUT2D eigenvalue weighted by Gasteiger charge is -2.24. The Labute approximate surface area is 161 Å². The molecule has 6 heteroatoms. The second kappa shape index (κ2) is 9.11. The predicted octanol–water partition coefficient (Wildman–Crippen LogP) is 2.50. The van der Waals surface area contributed by atoms with Crippen LogP contribution < -0.4 is 9.47 Å². The lowest BCUT2D eigenvalue weighted by molar-refractivity contribution is -0.136. The Bertz CT molecular complexity index is 670. The highest BCUT2D eigenvalue weighted by atomic mass is 16.5. The van der Waals surface area contributed by atoms with Gasteiger partial charge in [0.05, 0.1) is 20.6 Å². The quantitative estimate of drug-likeness (QED) is 0.795. The molecule has 2 aliphatic rings. The van der Waals surface area contributed by atoms with E-state index in [1.54, 1.807) is 20.3 Å². The molecule has 1 aliphatic carbocycles. The second-order valence-corrected chi connectivity index (χ2v) is 7.40. The number of hydrogen-bond donors (Lipinski definition) is 0. The normalized spacial score (nSPS) is 18.3. The summed E-state index contributed by atoms with van der Waals surface area (Å²) in [5.74, 6) is 1.94. The van der Waals surface area contributed by atoms with Gasteiger partial charge in [-0.05, 0) is 25.3 Å². The zero-order chi connectivity index (χ0) is 19.2. The molecule has 1 saturated heterocycles. The molecule has 27 heavy (non-hydrogen) atoms. The van der Waals surface area contributed by atoms with E-state index >= 15 is 0 Å². The minimum atomic E-state index is 0.0774. The van der Waals surface area contributed by atoms with Gasteiger partial charge in [-0.25, -0.2) is 0 Å². The van der Waals surface area contributed by atoms with Crippen LogP contribution in [-0.2, 0) is 16.0 Å². The number of rotatable bonds is 5. The van der Waals surface area contributed by atoms with Crippen molar-refractivity contribution < 1.29 is 19.1 Å². The van der Waals surface area contributed by atoms with Gasteiger partial charge in [0, 0.05) is 43.7 Å². The van der Waals surface area contributed by atoms with Gasteiger partial charge in [-0.2, -0.15) is 0 Å². The molecule has 0 aromatic heterocycles. The van der Waals surface area contributed by atoms with Crippen molar-refractivity contribution in [2.45, 2.75) is 38.5 Å². The highest BCUT2D eigenvalue weighted by Crippen LogP contribution is 2.27. The molecule has 0 radical (unpaired) electrons. The molecule has 148 valence electrons. The maximum atomic E-state index is 12.8. The maximum Gasteiger partial charge on any atom is 0.227 e. The van der Waals surface area contributed by atoms with Gasteiger partial charge in [-0.15, -0.1) is 0 Å². The zero-order valence-corrected chi connectivity index (χ0v) is 16.4. The molecule has 1 heterocycles. The van der Waals surface area contributed by atoms with Crippen molar-refractivity contribution in [3.8, 4) is 11.5 Å². The lowest BCUT2D eigenvalue weighted by atomic mass is 10.1. The molecule has 2 fully saturated rings. The number of benzene rings is 1. The molecule has 0 unspecified atom stereocenters. The van der Waals surface area contributed by atoms with Crippen molar-refractivity contribution in [2.24, 2.45) is 5.92 Å². The summed E-state index contributed by atoms with van der Waals surface area (Å²) in [4.78, 5) is 29.3. The van der Waals surface area contributed by atoms with E-state index in [9.17, 15) is 9.59 Å². The summed E-state index contributed by atoms with van der Waals surface area (Å²) in [6, 6.07) is 5.52. The van der Waals surface area contributed by atoms with Crippen molar-refractivity contribution in [3.05, 3.63) is 23.8 Å². The minimum Gasteiger partial charge on any atom is -0.497 e. The SMILES string of the molecule is COc1ccc(CC(=O)N2CCCN(C(=O)C3CCCC3)CC2)c(OC)c1. The number of nitrogens with zero attached hydrogens (tertiary/aromatic N) is 2. The molecule has 6 nitrogen and oxygen atoms in total. The van der Waals surface area contributed by atoms with Crippen LogP contribution in [0.4, 0.5) is 0 Å². The summed E-state index contributed by atoms with van der Waals surface area (Å²) in [6.07, 6.45) is 5.51. The standard InChI is InChI=1S/C21H30N2O4/c1-26-18-9-8-17(19(15-18)27-2)14-20(24)22-10-5-11-23(13-12-22)21(25)16-6-3-4-7-16/h8-9,15-16H,3-7,10-14H2,1-2H3. The molecule has 1 saturated carbocycles. The molecule has 2 amide bonds. The molecule has 1 aromatic carbocycles. The molecular formula is C21H30N2O4. The largest absolute Gasteiger partial charge is 0.497 e. The first kappa shape index (κ1) is 19.5. The Morgan fingerprint density at radius 1 is 0.963 bits per heavy atom. The number of carbonyl (C=O) groups excluding carboxylic acids is 2. The van der Waals surface area contributed by atoms with Gasteiger partial charge in [0.1, 0.15) is 11.5 Å². The fraction of sp³-hybridized carbons (Fsp3) is 0.619. The number of ether oxygens (including phenoxy) is 2. The maximum absolute atomic E-state index is 12.8. The van der Waals surface area contributed by atoms with E-state index in [0.29, 0.717) is 43.5 Å². The van der Waals surface area contributed by atoms with Crippen LogP contribution in [0, 0.1) is 5.92 Å². The number of amides is 2. The van der Waals surface area contributed by atoms with Crippen molar-refractivity contribution in [1.82, 2.24) is 9.80 Å². The van der Waals surface area contributed by atoms with Crippen molar-refractivity contribution in [1.29, 1.82) is 0 Å². The van der Waals surface area contributed by atoms with E-state index in [0.717, 1.165) is 31.4 Å². The van der Waals surface area contributed by atoms with Crippen LogP contribution in [0.1, 0.15) is 37.7 Å². The zero-order valence-electron chi connectivity index (χ0n) is 16.4. The lowest BCUT2D eigenvalue weighted by Crippen LogP contribution is -2.39. The van der Waals surface area contributed by atoms with Crippen LogP contribution in [0.15, 0.2) is 18.2 Å². The third-order valence-electron chi connectivity index (χ3n) is 5.70. The van der Waals surface area contributed by atoms with Crippen LogP contribution in [0.5, 0.6) is 11.5 Å². The Kier molecular flexibility index (Phi) is 6.58. The molecule has 3 rings (SSSR count). The molecule has 0 N–H and O–H groups in total. The van der Waals surface area contributed by atoms with Gasteiger partial charge in [-0.1, -0.05) is 18.9 Å². The summed E-state index contributed by atoms with van der Waals surface area (Å²) < 4.78 is 10.6. The molecule has 0 bridgehead atoms. The van der Waals surface area contributed by atoms with Crippen LogP contribution in [0.3, 0.4) is 0 Å². The van der Waals surface area contributed by atoms with Crippen LogP contribution in [0.2, 0.25) is 0 Å². The van der Waals surface area contributed by atoms with E-state index in [1.807, 2.05) is 21.9 Å². The Morgan fingerprint density at radius 3 is 2.37 bits per heavy atom. The predicted molar refractivity (Wildman–Crippen MR) is 103 cm³/mol. The van der Waals surface area contributed by atoms with Gasteiger partial charge in [-0.3, -0.25) is 9.59 Å². The first-order valence-corrected chi connectivity index (χ1v) is 9.90. The fourth-order valence-corrected chi connectivity index (χ4v) is 4.09. The Hall–Kier alpha value is -2.24. The first-order chi connectivity index (χ1) is 13.1. The average molecular weight is 374 g/mol. The van der Waals surface area contributed by atoms with Gasteiger partial charge in [0.15, 0.2) is 0 Å². The molecule has 1 aliphatic heterocycles. The van der Waals surface area contributed by atoms with Crippen molar-refractivity contribution in [2.75, 3.05) is 40.4 Å². The van der Waals surface area contributed by atoms with Gasteiger partial charge < -0.3 is 19.3 Å². The fourth-order valence-electron chi connectivity index (χ4n) is 4.09. The summed E-state index contributed by atoms with van der Waals surface area (Å²) in [7, 11) is 3.21. The average Bonchev–Trinajstić information content (AvgIpc) is 3.12. The number of carbonyl (C=O) groups is 2. The minimum absolute atomic E-state index is 0.0774. The van der Waals surface area contributed by atoms with Gasteiger partial charge in [0.25, 0.3) is 0 Å². The van der Waals surface area contributed by atoms with E-state index in [4.69, 9.17) is 9.47 Å². The first-order valence-electron chi connectivity index (χ1n) is 9.90. The Balaban J connectivity index is 1.58. The van der Waals surface area contributed by atoms with E-state index < -0.39 is 0 Å². The van der Waals surface area contributed by atoms with Gasteiger partial charge >= 0.3 is 0 Å². The van der Waals surface area contributed by atoms with Gasteiger partial charge in [0.2, 0.25) is 11.8 Å². The highest BCUT2D eigenvalue weighted by molar-refractivity contribution is 5.81. The van der Waals surface area contributed by atoms with E-state index in [2.05, 4.69) is 0 Å². The summed E-state index contributed by atoms with van der Waals surface area (Å²) in [5.41, 5.74) is 0.853.